The summed E-state index contributed by atoms with van der Waals surface area (Å²) in [6, 6.07) is 18.3. The van der Waals surface area contributed by atoms with Gasteiger partial charge in [-0.1, -0.05) is 35.9 Å². The highest BCUT2D eigenvalue weighted by molar-refractivity contribution is 6.30. The zero-order valence-corrected chi connectivity index (χ0v) is 21.2. The SMILES string of the molecule is COc1ccc(C)c(C(=O)N2CC3CCC(C2)N3Cc2c(-c3ccc(Cl)cc3)nc3ccccn23)n1. The number of aryl methyl sites for hydroxylation is 1. The first kappa shape index (κ1) is 23.0. The molecule has 0 aliphatic carbocycles. The van der Waals surface area contributed by atoms with Crippen molar-refractivity contribution in [3.05, 3.63) is 82.8 Å². The van der Waals surface area contributed by atoms with Crippen molar-refractivity contribution >= 4 is 23.2 Å². The topological polar surface area (TPSA) is 63.0 Å². The molecule has 4 aromatic rings. The number of carbonyl (C=O) groups excluding carboxylic acids is 1. The quantitative estimate of drug-likeness (QED) is 0.391. The summed E-state index contributed by atoms with van der Waals surface area (Å²) < 4.78 is 7.45. The number of likely N-dealkylation sites (tertiary alicyclic amines) is 1. The Kier molecular flexibility index (Phi) is 5.90. The predicted octanol–water partition coefficient (Wildman–Crippen LogP) is 4.86. The Morgan fingerprint density at radius 3 is 2.50 bits per heavy atom. The molecule has 7 nitrogen and oxygen atoms in total. The van der Waals surface area contributed by atoms with Crippen molar-refractivity contribution in [2.75, 3.05) is 20.2 Å². The fourth-order valence-corrected chi connectivity index (χ4v) is 5.74. The second-order valence-electron chi connectivity index (χ2n) is 9.63. The molecule has 2 unspecified atom stereocenters. The molecule has 6 rings (SSSR count). The molecule has 5 heterocycles. The van der Waals surface area contributed by atoms with Crippen LogP contribution < -0.4 is 4.74 Å². The Labute approximate surface area is 215 Å². The van der Waals surface area contributed by atoms with E-state index in [-0.39, 0.29) is 5.91 Å². The Hall–Kier alpha value is -3.42. The van der Waals surface area contributed by atoms with Gasteiger partial charge in [-0.05, 0) is 49.6 Å². The normalized spacial score (nSPS) is 19.7. The molecule has 2 atom stereocenters. The van der Waals surface area contributed by atoms with E-state index in [2.05, 4.69) is 20.5 Å². The van der Waals surface area contributed by atoms with Gasteiger partial charge in [0.05, 0.1) is 18.5 Å². The molecule has 3 aromatic heterocycles. The number of hydrogen-bond donors (Lipinski definition) is 0. The summed E-state index contributed by atoms with van der Waals surface area (Å²) >= 11 is 6.15. The van der Waals surface area contributed by atoms with E-state index >= 15 is 0 Å². The molecule has 2 aliphatic heterocycles. The van der Waals surface area contributed by atoms with Gasteiger partial charge in [0, 0.05) is 54.6 Å². The number of halogens is 1. The zero-order valence-electron chi connectivity index (χ0n) is 20.4. The first-order valence-electron chi connectivity index (χ1n) is 12.3. The van der Waals surface area contributed by atoms with Crippen LogP contribution in [0.4, 0.5) is 0 Å². The highest BCUT2D eigenvalue weighted by Crippen LogP contribution is 2.35. The summed E-state index contributed by atoms with van der Waals surface area (Å²) in [5.74, 6) is 0.451. The number of rotatable bonds is 5. The summed E-state index contributed by atoms with van der Waals surface area (Å²) in [6.07, 6.45) is 4.23. The number of pyridine rings is 2. The zero-order chi connectivity index (χ0) is 24.8. The van der Waals surface area contributed by atoms with Crippen molar-refractivity contribution in [3.8, 4) is 17.1 Å². The monoisotopic (exact) mass is 501 g/mol. The van der Waals surface area contributed by atoms with Gasteiger partial charge in [0.2, 0.25) is 5.88 Å². The number of nitrogens with zero attached hydrogens (tertiary/aromatic N) is 5. The number of amides is 1. The van der Waals surface area contributed by atoms with E-state index < -0.39 is 0 Å². The van der Waals surface area contributed by atoms with Crippen LogP contribution >= 0.6 is 11.6 Å². The van der Waals surface area contributed by atoms with Crippen LogP contribution in [0.15, 0.2) is 60.8 Å². The maximum Gasteiger partial charge on any atom is 0.272 e. The minimum atomic E-state index is -0.0143. The molecule has 1 amide bonds. The van der Waals surface area contributed by atoms with Crippen molar-refractivity contribution in [1.29, 1.82) is 0 Å². The van der Waals surface area contributed by atoms with Gasteiger partial charge in [-0.2, -0.15) is 0 Å². The largest absolute Gasteiger partial charge is 0.481 e. The van der Waals surface area contributed by atoms with Crippen molar-refractivity contribution in [2.45, 2.75) is 38.4 Å². The number of aromatic nitrogens is 3. The second-order valence-corrected chi connectivity index (χ2v) is 10.1. The molecule has 2 saturated heterocycles. The molecule has 2 fully saturated rings. The summed E-state index contributed by atoms with van der Waals surface area (Å²) in [4.78, 5) is 27.4. The van der Waals surface area contributed by atoms with E-state index in [1.54, 1.807) is 13.2 Å². The lowest BCUT2D eigenvalue weighted by Crippen LogP contribution is -2.55. The van der Waals surface area contributed by atoms with Gasteiger partial charge in [0.25, 0.3) is 5.91 Å². The van der Waals surface area contributed by atoms with E-state index in [1.165, 1.54) is 0 Å². The third-order valence-electron chi connectivity index (χ3n) is 7.48. The van der Waals surface area contributed by atoms with Gasteiger partial charge >= 0.3 is 0 Å². The van der Waals surface area contributed by atoms with E-state index in [9.17, 15) is 4.79 Å². The Balaban J connectivity index is 1.28. The molecular weight excluding hydrogens is 474 g/mol. The van der Waals surface area contributed by atoms with Crippen LogP contribution in [-0.4, -0.2) is 62.4 Å². The number of piperazine rings is 1. The highest BCUT2D eigenvalue weighted by atomic mass is 35.5. The van der Waals surface area contributed by atoms with Crippen LogP contribution in [-0.2, 0) is 6.54 Å². The van der Waals surface area contributed by atoms with E-state index in [1.807, 2.05) is 60.4 Å². The highest BCUT2D eigenvalue weighted by Gasteiger charge is 2.42. The standard InChI is InChI=1S/C28H28ClN5O2/c1-18-6-13-25(36-2)31-26(18)28(35)32-15-21-11-12-22(16-32)34(21)17-23-27(19-7-9-20(29)10-8-19)30-24-5-3-4-14-33(23)24/h3-10,13-14,21-22H,11-12,15-17H2,1-2H3. The van der Waals surface area contributed by atoms with Gasteiger partial charge in [-0.15, -0.1) is 0 Å². The minimum Gasteiger partial charge on any atom is -0.481 e. The fourth-order valence-electron chi connectivity index (χ4n) is 5.61. The molecule has 184 valence electrons. The fraction of sp³-hybridized carbons (Fsp3) is 0.321. The Morgan fingerprint density at radius 2 is 1.78 bits per heavy atom. The summed E-state index contributed by atoms with van der Waals surface area (Å²) in [5.41, 5.74) is 5.47. The van der Waals surface area contributed by atoms with Crippen molar-refractivity contribution < 1.29 is 9.53 Å². The molecule has 0 N–H and O–H groups in total. The van der Waals surface area contributed by atoms with Crippen LogP contribution in [0.5, 0.6) is 5.88 Å². The smallest absolute Gasteiger partial charge is 0.272 e. The number of methoxy groups -OCH3 is 1. The third kappa shape index (κ3) is 4.02. The van der Waals surface area contributed by atoms with Crippen molar-refractivity contribution in [3.63, 3.8) is 0 Å². The molecule has 0 saturated carbocycles. The molecule has 0 radical (unpaired) electrons. The minimum absolute atomic E-state index is 0.0143. The number of carbonyl (C=O) groups is 1. The van der Waals surface area contributed by atoms with E-state index in [0.29, 0.717) is 41.8 Å². The maximum absolute atomic E-state index is 13.4. The number of hydrogen-bond acceptors (Lipinski definition) is 5. The molecule has 1 aromatic carbocycles. The average Bonchev–Trinajstić information content (AvgIpc) is 3.37. The van der Waals surface area contributed by atoms with E-state index in [4.69, 9.17) is 21.3 Å². The number of imidazole rings is 1. The van der Waals surface area contributed by atoms with Crippen LogP contribution in [0.25, 0.3) is 16.9 Å². The van der Waals surface area contributed by atoms with Crippen LogP contribution in [0.3, 0.4) is 0 Å². The van der Waals surface area contributed by atoms with Crippen LogP contribution in [0.2, 0.25) is 5.02 Å². The summed E-state index contributed by atoms with van der Waals surface area (Å²) in [6.45, 7) is 4.09. The van der Waals surface area contributed by atoms with Gasteiger partial charge in [0.1, 0.15) is 11.3 Å². The molecule has 36 heavy (non-hydrogen) atoms. The number of fused-ring (bicyclic) bond motifs is 3. The molecule has 8 heteroatoms. The molecular formula is C28H28ClN5O2. The lowest BCUT2D eigenvalue weighted by Gasteiger charge is -2.41. The number of ether oxygens (including phenoxy) is 1. The van der Waals surface area contributed by atoms with Crippen molar-refractivity contribution in [2.24, 2.45) is 0 Å². The van der Waals surface area contributed by atoms with Crippen LogP contribution in [0, 0.1) is 6.92 Å². The first-order valence-corrected chi connectivity index (χ1v) is 12.7. The Bertz CT molecular complexity index is 1420. The maximum atomic E-state index is 13.4. The average molecular weight is 502 g/mol. The molecule has 2 aliphatic rings. The summed E-state index contributed by atoms with van der Waals surface area (Å²) in [7, 11) is 1.57. The van der Waals surface area contributed by atoms with E-state index in [0.717, 1.165) is 47.5 Å². The number of benzene rings is 1. The first-order chi connectivity index (χ1) is 17.5. The lowest BCUT2D eigenvalue weighted by molar-refractivity contribution is 0.0413. The van der Waals surface area contributed by atoms with Gasteiger partial charge in [-0.3, -0.25) is 9.69 Å². The van der Waals surface area contributed by atoms with Crippen LogP contribution in [0.1, 0.15) is 34.6 Å². The molecule has 0 spiro atoms. The van der Waals surface area contributed by atoms with Gasteiger partial charge in [-0.25, -0.2) is 9.97 Å². The van der Waals surface area contributed by atoms with Crippen molar-refractivity contribution in [1.82, 2.24) is 24.2 Å². The van der Waals surface area contributed by atoms with Gasteiger partial charge in [0.15, 0.2) is 0 Å². The van der Waals surface area contributed by atoms with Gasteiger partial charge < -0.3 is 14.0 Å². The summed E-state index contributed by atoms with van der Waals surface area (Å²) in [5, 5.41) is 0.712. The lowest BCUT2D eigenvalue weighted by atomic mass is 10.1. The second kappa shape index (κ2) is 9.22. The third-order valence-corrected chi connectivity index (χ3v) is 7.73. The Morgan fingerprint density at radius 1 is 1.03 bits per heavy atom. The predicted molar refractivity (Wildman–Crippen MR) is 139 cm³/mol. The molecule has 2 bridgehead atoms.